The van der Waals surface area contributed by atoms with Crippen molar-refractivity contribution in [3.63, 3.8) is 0 Å². The van der Waals surface area contributed by atoms with E-state index < -0.39 is 0 Å². The quantitative estimate of drug-likeness (QED) is 0.327. The Morgan fingerprint density at radius 3 is 2.67 bits per heavy atom. The molecule has 0 aliphatic rings. The van der Waals surface area contributed by atoms with Gasteiger partial charge in [0, 0.05) is 11.6 Å². The number of nitrogens with zero attached hydrogens (tertiary/aromatic N) is 2. The van der Waals surface area contributed by atoms with E-state index in [4.69, 9.17) is 11.6 Å². The number of thiophene rings is 1. The number of aromatic nitrogens is 2. The van der Waals surface area contributed by atoms with Crippen molar-refractivity contribution in [1.82, 2.24) is 14.9 Å². The molecule has 30 heavy (non-hydrogen) atoms. The topological polar surface area (TPSA) is 64.0 Å². The summed E-state index contributed by atoms with van der Waals surface area (Å²) in [5.74, 6) is 0.0464. The monoisotopic (exact) mass is 455 g/mol. The molecule has 0 saturated heterocycles. The lowest BCUT2D eigenvalue weighted by atomic mass is 10.2. The number of hydrogen-bond acceptors (Lipinski definition) is 5. The molecule has 2 heterocycles. The highest BCUT2D eigenvalue weighted by Crippen LogP contribution is 2.23. The molecule has 4 aromatic rings. The third-order valence-electron chi connectivity index (χ3n) is 4.48. The summed E-state index contributed by atoms with van der Waals surface area (Å²) in [7, 11) is 0. The molecule has 5 nitrogen and oxygen atoms in total. The van der Waals surface area contributed by atoms with Gasteiger partial charge in [-0.25, -0.2) is 4.98 Å². The highest BCUT2D eigenvalue weighted by molar-refractivity contribution is 7.99. The number of carbonyl (C=O) groups is 1. The van der Waals surface area contributed by atoms with Gasteiger partial charge in [-0.05, 0) is 28.6 Å². The molecular weight excluding hydrogens is 438 g/mol. The summed E-state index contributed by atoms with van der Waals surface area (Å²) in [5, 5.41) is 5.84. The Morgan fingerprint density at radius 2 is 1.87 bits per heavy atom. The van der Waals surface area contributed by atoms with Crippen LogP contribution < -0.4 is 10.9 Å². The highest BCUT2D eigenvalue weighted by atomic mass is 35.5. The van der Waals surface area contributed by atoms with E-state index in [1.165, 1.54) is 23.1 Å². The molecule has 0 aliphatic carbocycles. The summed E-state index contributed by atoms with van der Waals surface area (Å²) in [5.41, 5.74) is 2.38. The van der Waals surface area contributed by atoms with E-state index in [9.17, 15) is 9.59 Å². The van der Waals surface area contributed by atoms with Gasteiger partial charge in [0.25, 0.3) is 5.56 Å². The summed E-state index contributed by atoms with van der Waals surface area (Å²) in [6.45, 7) is 0.761. The zero-order valence-electron chi connectivity index (χ0n) is 15.9. The van der Waals surface area contributed by atoms with Gasteiger partial charge in [-0.2, -0.15) is 0 Å². The minimum absolute atomic E-state index is 0.118. The van der Waals surface area contributed by atoms with Crippen molar-refractivity contribution in [2.75, 3.05) is 5.75 Å². The van der Waals surface area contributed by atoms with E-state index in [0.717, 1.165) is 11.1 Å². The summed E-state index contributed by atoms with van der Waals surface area (Å²) in [6, 6.07) is 19.0. The molecule has 0 aliphatic heterocycles. The number of amides is 1. The predicted molar refractivity (Wildman–Crippen MR) is 123 cm³/mol. The molecule has 8 heteroatoms. The number of nitrogens with one attached hydrogen (secondary N) is 1. The highest BCUT2D eigenvalue weighted by Gasteiger charge is 2.15. The lowest BCUT2D eigenvalue weighted by Gasteiger charge is -2.13. The Morgan fingerprint density at radius 1 is 1.10 bits per heavy atom. The fraction of sp³-hybridized carbons (Fsp3) is 0.136. The third-order valence-corrected chi connectivity index (χ3v) is 6.72. The van der Waals surface area contributed by atoms with Gasteiger partial charge < -0.3 is 5.32 Å². The number of rotatable bonds is 7. The van der Waals surface area contributed by atoms with Crippen LogP contribution in [0.25, 0.3) is 10.2 Å². The van der Waals surface area contributed by atoms with Crippen LogP contribution in [0.1, 0.15) is 11.1 Å². The predicted octanol–water partition coefficient (Wildman–Crippen LogP) is 4.57. The van der Waals surface area contributed by atoms with E-state index in [0.29, 0.717) is 33.5 Å². The van der Waals surface area contributed by atoms with E-state index in [-0.39, 0.29) is 17.2 Å². The third kappa shape index (κ3) is 4.75. The summed E-state index contributed by atoms with van der Waals surface area (Å²) in [4.78, 5) is 30.0. The van der Waals surface area contributed by atoms with Crippen LogP contribution in [0.15, 0.2) is 76.0 Å². The zero-order chi connectivity index (χ0) is 20.9. The second kappa shape index (κ2) is 9.47. The number of carbonyl (C=O) groups excluding carboxylic acids is 1. The van der Waals surface area contributed by atoms with Crippen molar-refractivity contribution < 1.29 is 4.79 Å². The Hall–Kier alpha value is -2.61. The Kier molecular flexibility index (Phi) is 6.52. The molecule has 1 N–H and O–H groups in total. The van der Waals surface area contributed by atoms with E-state index in [1.807, 2.05) is 60.0 Å². The van der Waals surface area contributed by atoms with Crippen molar-refractivity contribution in [1.29, 1.82) is 0 Å². The van der Waals surface area contributed by atoms with Crippen LogP contribution in [-0.4, -0.2) is 21.2 Å². The first-order valence-corrected chi connectivity index (χ1v) is 11.5. The van der Waals surface area contributed by atoms with Gasteiger partial charge in [0.2, 0.25) is 5.91 Å². The van der Waals surface area contributed by atoms with Gasteiger partial charge in [0.1, 0.15) is 4.70 Å². The summed E-state index contributed by atoms with van der Waals surface area (Å²) >= 11 is 8.91. The summed E-state index contributed by atoms with van der Waals surface area (Å²) in [6.07, 6.45) is 0. The second-order valence-corrected chi connectivity index (χ2v) is 8.83. The van der Waals surface area contributed by atoms with Gasteiger partial charge in [-0.3, -0.25) is 14.2 Å². The fourth-order valence-corrected chi connectivity index (χ4v) is 4.75. The fourth-order valence-electron chi connectivity index (χ4n) is 2.95. The van der Waals surface area contributed by atoms with E-state index in [1.54, 1.807) is 10.6 Å². The average molecular weight is 456 g/mol. The van der Waals surface area contributed by atoms with Gasteiger partial charge in [-0.15, -0.1) is 11.3 Å². The first kappa shape index (κ1) is 20.7. The summed E-state index contributed by atoms with van der Waals surface area (Å²) < 4.78 is 2.19. The largest absolute Gasteiger partial charge is 0.351 e. The smallest absolute Gasteiger partial charge is 0.272 e. The molecule has 0 unspecified atom stereocenters. The Labute approximate surface area is 186 Å². The number of thioether (sulfide) groups is 1. The standard InChI is InChI=1S/C22H18ClN3O2S2/c23-17-9-5-4-8-16(17)13-26-21(28)20-18(10-11-29-20)25-22(26)30-14-19(27)24-12-15-6-2-1-3-7-15/h1-11H,12-14H2,(H,24,27). The minimum Gasteiger partial charge on any atom is -0.351 e. The van der Waals surface area contributed by atoms with Crippen LogP contribution in [0.4, 0.5) is 0 Å². The molecule has 0 atom stereocenters. The van der Waals surface area contributed by atoms with Crippen LogP contribution in [0.3, 0.4) is 0 Å². The van der Waals surface area contributed by atoms with Crippen LogP contribution in [-0.2, 0) is 17.9 Å². The molecule has 2 aromatic carbocycles. The molecule has 0 radical (unpaired) electrons. The van der Waals surface area contributed by atoms with Crippen LogP contribution in [0, 0.1) is 0 Å². The van der Waals surface area contributed by atoms with Crippen molar-refractivity contribution >= 4 is 50.8 Å². The minimum atomic E-state index is -0.123. The maximum atomic E-state index is 13.1. The van der Waals surface area contributed by atoms with Crippen molar-refractivity contribution in [2.24, 2.45) is 0 Å². The molecule has 0 saturated carbocycles. The van der Waals surface area contributed by atoms with Crippen LogP contribution in [0.2, 0.25) is 5.02 Å². The molecule has 2 aromatic heterocycles. The van der Waals surface area contributed by atoms with E-state index in [2.05, 4.69) is 10.3 Å². The Bertz CT molecular complexity index is 1240. The number of fused-ring (bicyclic) bond motifs is 1. The molecule has 1 amide bonds. The lowest BCUT2D eigenvalue weighted by molar-refractivity contribution is -0.118. The normalized spacial score (nSPS) is 11.0. The molecule has 4 rings (SSSR count). The number of benzene rings is 2. The number of hydrogen-bond donors (Lipinski definition) is 1. The van der Waals surface area contributed by atoms with Crippen LogP contribution >= 0.6 is 34.7 Å². The maximum absolute atomic E-state index is 13.1. The first-order chi connectivity index (χ1) is 14.6. The van der Waals surface area contributed by atoms with Crippen molar-refractivity contribution in [3.8, 4) is 0 Å². The lowest BCUT2D eigenvalue weighted by Crippen LogP contribution is -2.26. The average Bonchev–Trinajstić information content (AvgIpc) is 3.24. The van der Waals surface area contributed by atoms with Crippen molar-refractivity contribution in [3.05, 3.63) is 92.5 Å². The molecule has 152 valence electrons. The van der Waals surface area contributed by atoms with Crippen molar-refractivity contribution in [2.45, 2.75) is 18.2 Å². The van der Waals surface area contributed by atoms with E-state index >= 15 is 0 Å². The van der Waals surface area contributed by atoms with Gasteiger partial charge in [0.15, 0.2) is 5.16 Å². The van der Waals surface area contributed by atoms with Gasteiger partial charge in [0.05, 0.1) is 17.8 Å². The maximum Gasteiger partial charge on any atom is 0.272 e. The number of halogens is 1. The SMILES string of the molecule is O=C(CSc1nc2ccsc2c(=O)n1Cc1ccccc1Cl)NCc1ccccc1. The first-order valence-electron chi connectivity index (χ1n) is 9.26. The van der Waals surface area contributed by atoms with Crippen LogP contribution in [0.5, 0.6) is 0 Å². The van der Waals surface area contributed by atoms with Gasteiger partial charge in [-0.1, -0.05) is 71.9 Å². The molecular formula is C22H18ClN3O2S2. The van der Waals surface area contributed by atoms with Gasteiger partial charge >= 0.3 is 0 Å². The molecule has 0 fully saturated rings. The Balaban J connectivity index is 1.54. The molecule has 0 spiro atoms. The molecule has 0 bridgehead atoms. The second-order valence-electron chi connectivity index (χ2n) is 6.56. The zero-order valence-corrected chi connectivity index (χ0v) is 18.3.